The lowest BCUT2D eigenvalue weighted by Crippen LogP contribution is -2.41. The zero-order valence-electron chi connectivity index (χ0n) is 16.4. The summed E-state index contributed by atoms with van der Waals surface area (Å²) in [7, 11) is 1.86. The maximum atomic E-state index is 13.7. The molecule has 30 heavy (non-hydrogen) atoms. The largest absolute Gasteiger partial charge is 0.458 e. The molecule has 1 aliphatic heterocycles. The van der Waals surface area contributed by atoms with Gasteiger partial charge in [0, 0.05) is 36.5 Å². The number of benzene rings is 2. The van der Waals surface area contributed by atoms with E-state index >= 15 is 0 Å². The summed E-state index contributed by atoms with van der Waals surface area (Å²) in [6, 6.07) is 17.3. The van der Waals surface area contributed by atoms with Gasteiger partial charge in [0.2, 0.25) is 0 Å². The molecule has 0 radical (unpaired) electrons. The Kier molecular flexibility index (Phi) is 3.59. The molecule has 0 saturated carbocycles. The van der Waals surface area contributed by atoms with Crippen molar-refractivity contribution in [2.24, 2.45) is 7.05 Å². The van der Waals surface area contributed by atoms with Crippen molar-refractivity contribution >= 4 is 27.8 Å². The monoisotopic (exact) mass is 397 g/mol. The first-order chi connectivity index (χ1) is 14.7. The van der Waals surface area contributed by atoms with Crippen molar-refractivity contribution < 1.29 is 9.21 Å². The number of carbonyl (C=O) groups excluding carboxylic acids is 1. The van der Waals surface area contributed by atoms with Gasteiger partial charge in [-0.1, -0.05) is 36.4 Å². The third kappa shape index (κ3) is 2.41. The number of aryl methyl sites for hydroxylation is 1. The molecule has 0 spiro atoms. The summed E-state index contributed by atoms with van der Waals surface area (Å²) in [6.45, 7) is 0.556. The predicted molar refractivity (Wildman–Crippen MR) is 112 cm³/mol. The molecule has 1 N–H and O–H groups in total. The minimum absolute atomic E-state index is 0.120. The average Bonchev–Trinajstić information content (AvgIpc) is 3.49. The Bertz CT molecular complexity index is 1380. The van der Waals surface area contributed by atoms with Crippen LogP contribution >= 0.6 is 0 Å². The van der Waals surface area contributed by atoms with Gasteiger partial charge in [-0.3, -0.25) is 9.48 Å². The molecule has 0 aliphatic carbocycles. The van der Waals surface area contributed by atoms with Gasteiger partial charge >= 0.3 is 0 Å². The first kappa shape index (κ1) is 17.0. The van der Waals surface area contributed by atoms with E-state index in [1.54, 1.807) is 11.0 Å². The summed E-state index contributed by atoms with van der Waals surface area (Å²) >= 11 is 0. The molecule has 0 bridgehead atoms. The first-order valence-corrected chi connectivity index (χ1v) is 9.94. The molecule has 7 nitrogen and oxygen atoms in total. The quantitative estimate of drug-likeness (QED) is 0.491. The number of nitrogens with zero attached hydrogens (tertiary/aromatic N) is 4. The fraction of sp³-hybridized carbons (Fsp3) is 0.174. The van der Waals surface area contributed by atoms with Crippen molar-refractivity contribution in [1.82, 2.24) is 24.6 Å². The Hall–Kier alpha value is -3.87. The lowest BCUT2D eigenvalue weighted by molar-refractivity contribution is 0.0668. The van der Waals surface area contributed by atoms with Gasteiger partial charge in [-0.25, -0.2) is 4.98 Å². The van der Waals surface area contributed by atoms with Gasteiger partial charge in [-0.15, -0.1) is 0 Å². The third-order valence-electron chi connectivity index (χ3n) is 5.86. The highest BCUT2D eigenvalue weighted by Crippen LogP contribution is 2.37. The fourth-order valence-corrected chi connectivity index (χ4v) is 4.43. The van der Waals surface area contributed by atoms with Gasteiger partial charge in [0.05, 0.1) is 17.5 Å². The van der Waals surface area contributed by atoms with Gasteiger partial charge in [-0.2, -0.15) is 5.10 Å². The van der Waals surface area contributed by atoms with Crippen molar-refractivity contribution in [2.75, 3.05) is 6.54 Å². The predicted octanol–water partition coefficient (Wildman–Crippen LogP) is 3.83. The van der Waals surface area contributed by atoms with Gasteiger partial charge in [0.15, 0.2) is 5.69 Å². The molecule has 6 rings (SSSR count). The van der Waals surface area contributed by atoms with Crippen LogP contribution in [0.5, 0.6) is 0 Å². The molecule has 2 aromatic carbocycles. The number of hydrogen-bond donors (Lipinski definition) is 1. The van der Waals surface area contributed by atoms with Crippen LogP contribution < -0.4 is 0 Å². The van der Waals surface area contributed by atoms with Crippen LogP contribution in [0, 0.1) is 0 Å². The number of imidazole rings is 1. The molecular weight excluding hydrogens is 378 g/mol. The molecule has 148 valence electrons. The number of aromatic amines is 1. The van der Waals surface area contributed by atoms with Crippen LogP contribution in [0.15, 0.2) is 65.3 Å². The minimum atomic E-state index is -0.402. The molecule has 0 fully saturated rings. The molecule has 5 aromatic rings. The van der Waals surface area contributed by atoms with Crippen LogP contribution in [0.2, 0.25) is 0 Å². The van der Waals surface area contributed by atoms with E-state index < -0.39 is 6.04 Å². The van der Waals surface area contributed by atoms with Crippen molar-refractivity contribution in [3.05, 3.63) is 83.8 Å². The van der Waals surface area contributed by atoms with E-state index in [1.807, 2.05) is 66.5 Å². The lowest BCUT2D eigenvalue weighted by atomic mass is 9.99. The molecule has 1 atom stereocenters. The van der Waals surface area contributed by atoms with Crippen molar-refractivity contribution in [1.29, 1.82) is 0 Å². The smallest absolute Gasteiger partial charge is 0.275 e. The number of carbonyl (C=O) groups is 1. The second-order valence-electron chi connectivity index (χ2n) is 7.59. The van der Waals surface area contributed by atoms with Gasteiger partial charge in [0.25, 0.3) is 5.91 Å². The normalized spacial score (nSPS) is 16.3. The zero-order valence-corrected chi connectivity index (χ0v) is 16.4. The summed E-state index contributed by atoms with van der Waals surface area (Å²) in [4.78, 5) is 23.3. The number of H-pyrrole nitrogens is 1. The van der Waals surface area contributed by atoms with E-state index in [0.29, 0.717) is 24.4 Å². The molecule has 1 amide bonds. The number of para-hydroxylation sites is 2. The number of nitrogens with one attached hydrogen (secondary N) is 1. The van der Waals surface area contributed by atoms with E-state index in [-0.39, 0.29) is 5.91 Å². The van der Waals surface area contributed by atoms with E-state index in [4.69, 9.17) is 4.42 Å². The highest BCUT2D eigenvalue weighted by atomic mass is 16.3. The molecule has 0 unspecified atom stereocenters. The SMILES string of the molecule is Cn1nc(C(=O)N2CCc3[nH]cnc3[C@H]2c2cc3ccccc3o2)c2ccccc21. The van der Waals surface area contributed by atoms with Gasteiger partial charge in [0.1, 0.15) is 17.4 Å². The van der Waals surface area contributed by atoms with E-state index in [0.717, 1.165) is 33.3 Å². The van der Waals surface area contributed by atoms with Crippen LogP contribution in [0.3, 0.4) is 0 Å². The average molecular weight is 397 g/mol. The molecule has 3 aromatic heterocycles. The second kappa shape index (κ2) is 6.32. The van der Waals surface area contributed by atoms with Crippen LogP contribution in [0.1, 0.15) is 33.7 Å². The summed E-state index contributed by atoms with van der Waals surface area (Å²) in [5.74, 6) is 0.587. The maximum Gasteiger partial charge on any atom is 0.275 e. The highest BCUT2D eigenvalue weighted by molar-refractivity contribution is 6.05. The van der Waals surface area contributed by atoms with Crippen molar-refractivity contribution in [2.45, 2.75) is 12.5 Å². The second-order valence-corrected chi connectivity index (χ2v) is 7.59. The minimum Gasteiger partial charge on any atom is -0.458 e. The maximum absolute atomic E-state index is 13.7. The number of aromatic nitrogens is 4. The molecule has 0 saturated heterocycles. The molecule has 4 heterocycles. The summed E-state index contributed by atoms with van der Waals surface area (Å²) < 4.78 is 7.92. The number of hydrogen-bond acceptors (Lipinski definition) is 4. The summed E-state index contributed by atoms with van der Waals surface area (Å²) in [6.07, 6.45) is 2.40. The van der Waals surface area contributed by atoms with Crippen LogP contribution in [0.25, 0.3) is 21.9 Å². The lowest BCUT2D eigenvalue weighted by Gasteiger charge is -2.33. The van der Waals surface area contributed by atoms with Crippen molar-refractivity contribution in [3.8, 4) is 0 Å². The Morgan fingerprint density at radius 1 is 1.17 bits per heavy atom. The van der Waals surface area contributed by atoms with E-state index in [9.17, 15) is 4.79 Å². The number of furan rings is 1. The van der Waals surface area contributed by atoms with E-state index in [2.05, 4.69) is 15.1 Å². The molecule has 1 aliphatic rings. The highest BCUT2D eigenvalue weighted by Gasteiger charge is 2.38. The Labute approximate surface area is 171 Å². The van der Waals surface area contributed by atoms with Crippen LogP contribution in [-0.4, -0.2) is 37.1 Å². The number of amides is 1. The Morgan fingerprint density at radius 2 is 2.00 bits per heavy atom. The topological polar surface area (TPSA) is 80.0 Å². The van der Waals surface area contributed by atoms with Gasteiger partial charge < -0.3 is 14.3 Å². The Morgan fingerprint density at radius 3 is 2.90 bits per heavy atom. The van der Waals surface area contributed by atoms with E-state index in [1.165, 1.54) is 0 Å². The van der Waals surface area contributed by atoms with Crippen LogP contribution in [-0.2, 0) is 13.5 Å². The standard InChI is InChI=1S/C23H19N5O2/c1-27-17-8-4-3-7-15(17)20(26-27)23(29)28-11-10-16-21(25-13-24-16)22(28)19-12-14-6-2-5-9-18(14)30-19/h2-9,12-13,22H,10-11H2,1H3,(H,24,25)/t22-/m1/s1. The summed E-state index contributed by atoms with van der Waals surface area (Å²) in [5.41, 5.74) is 4.04. The molecular formula is C23H19N5O2. The zero-order chi connectivity index (χ0) is 20.2. The third-order valence-corrected chi connectivity index (χ3v) is 5.86. The van der Waals surface area contributed by atoms with Gasteiger partial charge in [-0.05, 0) is 18.2 Å². The van der Waals surface area contributed by atoms with Crippen LogP contribution in [0.4, 0.5) is 0 Å². The fourth-order valence-electron chi connectivity index (χ4n) is 4.43. The molecule has 7 heteroatoms. The summed E-state index contributed by atoms with van der Waals surface area (Å²) in [5, 5.41) is 6.40. The Balaban J connectivity index is 1.50. The van der Waals surface area contributed by atoms with Crippen molar-refractivity contribution in [3.63, 3.8) is 0 Å². The number of rotatable bonds is 2. The number of fused-ring (bicyclic) bond motifs is 3. The first-order valence-electron chi connectivity index (χ1n) is 9.94.